The molecule has 0 saturated heterocycles. The van der Waals surface area contributed by atoms with E-state index in [1.807, 2.05) is 0 Å². The van der Waals surface area contributed by atoms with E-state index in [4.69, 9.17) is 0 Å². The Labute approximate surface area is 151 Å². The number of allylic oxidation sites excluding steroid dienone is 8. The predicted molar refractivity (Wildman–Crippen MR) is 76.0 cm³/mol. The summed E-state index contributed by atoms with van der Waals surface area (Å²) in [6, 6.07) is 0. The molecule has 0 saturated carbocycles. The molecule has 2 aliphatic carbocycles. The van der Waals surface area contributed by atoms with Crippen molar-refractivity contribution in [1.82, 2.24) is 0 Å². The third kappa shape index (κ3) is 4.17. The molecule has 0 aromatic heterocycles. The van der Waals surface area contributed by atoms with Crippen LogP contribution in [0.15, 0.2) is 34.7 Å². The van der Waals surface area contributed by atoms with Crippen molar-refractivity contribution in [2.75, 3.05) is 0 Å². The van der Waals surface area contributed by atoms with E-state index in [2.05, 4.69) is 62.6 Å². The molecule has 0 radical (unpaired) electrons. The monoisotopic (exact) mass is 404 g/mol. The summed E-state index contributed by atoms with van der Waals surface area (Å²) in [5, 5.41) is 3.08. The Morgan fingerprint density at radius 1 is 0.789 bits per heavy atom. The largest absolute Gasteiger partial charge is 4.00 e. The normalized spacial score (nSPS) is 17.1. The first-order chi connectivity index (χ1) is 7.46. The molecule has 2 aliphatic rings. The van der Waals surface area contributed by atoms with Gasteiger partial charge in [0.25, 0.3) is 0 Å². The molecule has 19 heavy (non-hydrogen) atoms. The number of rotatable bonds is 3. The summed E-state index contributed by atoms with van der Waals surface area (Å²) >= 11 is 0. The van der Waals surface area contributed by atoms with Gasteiger partial charge in [0.05, 0.1) is 0 Å². The van der Waals surface area contributed by atoms with E-state index in [-0.39, 0.29) is 51.0 Å². The molecule has 0 N–H and O–H groups in total. The Morgan fingerprint density at radius 2 is 1.11 bits per heavy atom. The van der Waals surface area contributed by atoms with Crippen molar-refractivity contribution < 1.29 is 51.0 Å². The van der Waals surface area contributed by atoms with Gasteiger partial charge in [-0.05, 0) is 0 Å². The molecule has 0 aromatic carbocycles. The minimum absolute atomic E-state index is 0. The number of hydrogen-bond donors (Lipinski definition) is 0. The molecule has 0 atom stereocenters. The van der Waals surface area contributed by atoms with Crippen molar-refractivity contribution >= 4 is 15.2 Å². The van der Waals surface area contributed by atoms with Crippen LogP contribution in [-0.2, 0) is 26.2 Å². The molecule has 5 heteroatoms. The second kappa shape index (κ2) is 8.34. The molecule has 0 unspecified atom stereocenters. The third-order valence-corrected chi connectivity index (χ3v) is 21.8. The van der Waals surface area contributed by atoms with E-state index in [1.54, 1.807) is 10.4 Å². The molecular weight excluding hydrogens is 386 g/mol. The van der Waals surface area contributed by atoms with E-state index in [0.29, 0.717) is 0 Å². The van der Waals surface area contributed by atoms with Gasteiger partial charge in [0.1, 0.15) is 0 Å². The second-order valence-electron chi connectivity index (χ2n) is 5.64. The quantitative estimate of drug-likeness (QED) is 0.374. The van der Waals surface area contributed by atoms with Crippen molar-refractivity contribution in [3.05, 3.63) is 46.8 Å². The molecular formula is C14H20Cl2Si2Zr. The molecule has 0 spiro atoms. The van der Waals surface area contributed by atoms with Gasteiger partial charge in [-0.3, -0.25) is 12.2 Å². The Balaban J connectivity index is 0. The van der Waals surface area contributed by atoms with Gasteiger partial charge in [-0.25, -0.2) is 22.5 Å². The van der Waals surface area contributed by atoms with E-state index in [0.717, 1.165) is 12.8 Å². The van der Waals surface area contributed by atoms with E-state index >= 15 is 0 Å². The van der Waals surface area contributed by atoms with Gasteiger partial charge in [-0.1, -0.05) is 26.2 Å². The molecule has 0 aliphatic heterocycles. The van der Waals surface area contributed by atoms with Crippen molar-refractivity contribution in [3.8, 4) is 0 Å². The van der Waals surface area contributed by atoms with Crippen molar-refractivity contribution in [2.45, 2.75) is 39.0 Å². The summed E-state index contributed by atoms with van der Waals surface area (Å²) in [5.74, 6) is 0. The number of halogens is 2. The maximum atomic E-state index is 3.56. The summed E-state index contributed by atoms with van der Waals surface area (Å²) in [5.41, 5.74) is 0. The van der Waals surface area contributed by atoms with Gasteiger partial charge in [-0.2, -0.15) is 12.2 Å². The SMILES string of the molecule is C[Si](C)(C1=[C-]CC=C1)[Si](C)(C)C1=[C-]CC=C1.[Cl-].[Cl-].[Zr+4]. The van der Waals surface area contributed by atoms with E-state index in [1.165, 1.54) is 0 Å². The molecule has 0 heterocycles. The van der Waals surface area contributed by atoms with Crippen LogP contribution in [0.4, 0.5) is 0 Å². The summed E-state index contributed by atoms with van der Waals surface area (Å²) in [4.78, 5) is 0. The molecule has 0 aromatic rings. The molecule has 0 fully saturated rings. The fraction of sp³-hybridized carbons (Fsp3) is 0.429. The van der Waals surface area contributed by atoms with Crippen molar-refractivity contribution in [2.24, 2.45) is 0 Å². The topological polar surface area (TPSA) is 0 Å². The van der Waals surface area contributed by atoms with Crippen LogP contribution in [0, 0.1) is 12.2 Å². The van der Waals surface area contributed by atoms with Gasteiger partial charge in [-0.15, -0.1) is 12.8 Å². The zero-order chi connectivity index (χ0) is 11.8. The fourth-order valence-electron chi connectivity index (χ4n) is 2.34. The summed E-state index contributed by atoms with van der Waals surface area (Å²) in [7, 11) is -2.71. The zero-order valence-electron chi connectivity index (χ0n) is 12.0. The molecule has 2 rings (SSSR count). The van der Waals surface area contributed by atoms with Crippen LogP contribution in [0.3, 0.4) is 0 Å². The van der Waals surface area contributed by atoms with Crippen LogP contribution >= 0.6 is 0 Å². The van der Waals surface area contributed by atoms with Crippen LogP contribution in [-0.4, -0.2) is 15.2 Å². The first kappa shape index (κ1) is 22.1. The average Bonchev–Trinajstić information content (AvgIpc) is 2.91. The van der Waals surface area contributed by atoms with Crippen LogP contribution in [0.1, 0.15) is 12.8 Å². The predicted octanol–water partition coefficient (Wildman–Crippen LogP) is -2.06. The smallest absolute Gasteiger partial charge is 1.00 e. The Bertz CT molecular complexity index is 381. The van der Waals surface area contributed by atoms with Crippen LogP contribution < -0.4 is 24.8 Å². The Morgan fingerprint density at radius 3 is 1.32 bits per heavy atom. The Hall–Kier alpha value is 0.857. The zero-order valence-corrected chi connectivity index (χ0v) is 17.9. The van der Waals surface area contributed by atoms with Gasteiger partial charge in [0, 0.05) is 15.2 Å². The Kier molecular flexibility index (Phi) is 9.72. The van der Waals surface area contributed by atoms with E-state index in [9.17, 15) is 0 Å². The van der Waals surface area contributed by atoms with Crippen molar-refractivity contribution in [3.63, 3.8) is 0 Å². The molecule has 0 nitrogen and oxygen atoms in total. The van der Waals surface area contributed by atoms with Gasteiger partial charge in [0.2, 0.25) is 0 Å². The molecule has 0 bridgehead atoms. The van der Waals surface area contributed by atoms with Gasteiger partial charge >= 0.3 is 26.2 Å². The van der Waals surface area contributed by atoms with Gasteiger partial charge in [0.15, 0.2) is 0 Å². The molecule has 0 amide bonds. The minimum atomic E-state index is -1.36. The standard InChI is InChI=1S/C14H20Si2.2ClH.Zr/c1-15(2,13-9-5-6-10-13)16(3,4)14-11-7-8-12-14;;;/h5,7,9,11H,6,8H2,1-4H3;2*1H;/q-2;;;+4/p-2. The average molecular weight is 407 g/mol. The maximum Gasteiger partial charge on any atom is 4.00 e. The van der Waals surface area contributed by atoms with Gasteiger partial charge < -0.3 is 24.8 Å². The first-order valence-corrected chi connectivity index (χ1v) is 13.0. The minimum Gasteiger partial charge on any atom is -1.00 e. The third-order valence-electron chi connectivity index (χ3n) is 4.30. The van der Waals surface area contributed by atoms with Crippen molar-refractivity contribution in [1.29, 1.82) is 0 Å². The summed E-state index contributed by atoms with van der Waals surface area (Å²) < 4.78 is 0. The maximum absolute atomic E-state index is 3.56. The van der Waals surface area contributed by atoms with Crippen LogP contribution in [0.2, 0.25) is 26.2 Å². The fourth-order valence-corrected chi connectivity index (χ4v) is 10.9. The summed E-state index contributed by atoms with van der Waals surface area (Å²) in [6.07, 6.45) is 18.3. The van der Waals surface area contributed by atoms with Crippen LogP contribution in [0.25, 0.3) is 0 Å². The summed E-state index contributed by atoms with van der Waals surface area (Å²) in [6.45, 7) is 10.0. The number of hydrogen-bond acceptors (Lipinski definition) is 0. The molecule has 102 valence electrons. The van der Waals surface area contributed by atoms with Crippen LogP contribution in [0.5, 0.6) is 0 Å². The second-order valence-corrected chi connectivity index (χ2v) is 20.7. The van der Waals surface area contributed by atoms with E-state index < -0.39 is 15.2 Å². The first-order valence-electron chi connectivity index (χ1n) is 6.02.